The van der Waals surface area contributed by atoms with Crippen molar-refractivity contribution in [1.82, 2.24) is 0 Å². The summed E-state index contributed by atoms with van der Waals surface area (Å²) in [7, 11) is 1.53. The average Bonchev–Trinajstić information content (AvgIpc) is 2.87. The molecule has 176 valence electrons. The second-order valence-electron chi connectivity index (χ2n) is 7.42. The molecule has 0 aromatic heterocycles. The average molecular weight is 472 g/mol. The Labute approximate surface area is 199 Å². The summed E-state index contributed by atoms with van der Waals surface area (Å²) in [6.45, 7) is 0.358. The molecule has 0 aliphatic carbocycles. The van der Waals surface area contributed by atoms with E-state index in [0.29, 0.717) is 23.7 Å². The predicted octanol–water partition coefficient (Wildman–Crippen LogP) is 5.69. The number of nitrogens with one attached hydrogen (secondary N) is 1. The third-order valence-electron chi connectivity index (χ3n) is 5.24. The number of fused-ring (bicyclic) bond motifs is 1. The molecule has 0 aliphatic rings. The molecular formula is C25H20N4O6. The van der Waals surface area contributed by atoms with Crippen LogP contribution in [0, 0.1) is 20.2 Å². The molecular weight excluding hydrogens is 452 g/mol. The van der Waals surface area contributed by atoms with Gasteiger partial charge in [0.15, 0.2) is 11.5 Å². The third-order valence-corrected chi connectivity index (χ3v) is 5.24. The third kappa shape index (κ3) is 5.33. The lowest BCUT2D eigenvalue weighted by atomic mass is 10.1. The summed E-state index contributed by atoms with van der Waals surface area (Å²) in [5.74, 6) is 1.05. The second kappa shape index (κ2) is 10.3. The quantitative estimate of drug-likeness (QED) is 0.188. The van der Waals surface area contributed by atoms with Gasteiger partial charge in [-0.1, -0.05) is 42.5 Å². The lowest BCUT2D eigenvalue weighted by Gasteiger charge is -2.12. The van der Waals surface area contributed by atoms with Gasteiger partial charge in [0.25, 0.3) is 5.69 Å². The van der Waals surface area contributed by atoms with Crippen LogP contribution in [-0.4, -0.2) is 23.2 Å². The molecule has 35 heavy (non-hydrogen) atoms. The van der Waals surface area contributed by atoms with E-state index in [0.717, 1.165) is 28.5 Å². The first-order valence-electron chi connectivity index (χ1n) is 10.5. The summed E-state index contributed by atoms with van der Waals surface area (Å²) in [6.07, 6.45) is 1.45. The molecule has 0 aliphatic heterocycles. The number of ether oxygens (including phenoxy) is 2. The SMILES string of the molecule is COc1cc(/C=N\Nc2ccc([N+](=O)[O-])cc2[N+](=O)[O-])ccc1OCc1cccc2ccccc12. The van der Waals surface area contributed by atoms with Crippen molar-refractivity contribution in [3.63, 3.8) is 0 Å². The van der Waals surface area contributed by atoms with Crippen LogP contribution in [0.1, 0.15) is 11.1 Å². The Kier molecular flexibility index (Phi) is 6.82. The van der Waals surface area contributed by atoms with Gasteiger partial charge in [0, 0.05) is 6.07 Å². The smallest absolute Gasteiger partial charge is 0.301 e. The number of rotatable bonds is 9. The van der Waals surface area contributed by atoms with Gasteiger partial charge in [0.05, 0.1) is 29.2 Å². The van der Waals surface area contributed by atoms with E-state index < -0.39 is 15.5 Å². The molecule has 0 saturated carbocycles. The molecule has 4 aromatic rings. The largest absolute Gasteiger partial charge is 0.493 e. The molecule has 4 rings (SSSR count). The van der Waals surface area contributed by atoms with Crippen molar-refractivity contribution >= 4 is 34.0 Å². The van der Waals surface area contributed by atoms with Gasteiger partial charge in [-0.15, -0.1) is 0 Å². The first-order valence-corrected chi connectivity index (χ1v) is 10.5. The molecule has 0 amide bonds. The highest BCUT2D eigenvalue weighted by molar-refractivity contribution is 5.85. The van der Waals surface area contributed by atoms with Crippen molar-refractivity contribution < 1.29 is 19.3 Å². The van der Waals surface area contributed by atoms with E-state index in [1.165, 1.54) is 19.4 Å². The summed E-state index contributed by atoms with van der Waals surface area (Å²) < 4.78 is 11.5. The zero-order chi connectivity index (χ0) is 24.8. The van der Waals surface area contributed by atoms with E-state index in [2.05, 4.69) is 10.5 Å². The van der Waals surface area contributed by atoms with Crippen molar-refractivity contribution in [1.29, 1.82) is 0 Å². The number of benzene rings is 4. The Bertz CT molecular complexity index is 1430. The van der Waals surface area contributed by atoms with Crippen LogP contribution in [-0.2, 0) is 6.61 Å². The van der Waals surface area contributed by atoms with Gasteiger partial charge in [-0.25, -0.2) is 0 Å². The van der Waals surface area contributed by atoms with Crippen LogP contribution in [0.4, 0.5) is 17.1 Å². The number of anilines is 1. The number of nitro groups is 2. The zero-order valence-electron chi connectivity index (χ0n) is 18.6. The molecule has 10 nitrogen and oxygen atoms in total. The van der Waals surface area contributed by atoms with E-state index in [4.69, 9.17) is 9.47 Å². The van der Waals surface area contributed by atoms with Gasteiger partial charge in [0.1, 0.15) is 12.3 Å². The van der Waals surface area contributed by atoms with Crippen LogP contribution in [0.3, 0.4) is 0 Å². The normalized spacial score (nSPS) is 10.9. The van der Waals surface area contributed by atoms with Crippen LogP contribution in [0.25, 0.3) is 10.8 Å². The fourth-order valence-corrected chi connectivity index (χ4v) is 3.51. The topological polar surface area (TPSA) is 129 Å². The maximum Gasteiger partial charge on any atom is 0.301 e. The van der Waals surface area contributed by atoms with Crippen LogP contribution in [0.5, 0.6) is 11.5 Å². The number of hydrogen-bond donors (Lipinski definition) is 1. The van der Waals surface area contributed by atoms with Crippen molar-refractivity contribution in [3.05, 3.63) is 110 Å². The monoisotopic (exact) mass is 472 g/mol. The zero-order valence-corrected chi connectivity index (χ0v) is 18.6. The Hall–Kier alpha value is -4.99. The van der Waals surface area contributed by atoms with Crippen LogP contribution >= 0.6 is 0 Å². The van der Waals surface area contributed by atoms with Gasteiger partial charge >= 0.3 is 5.69 Å². The Morgan fingerprint density at radius 1 is 0.914 bits per heavy atom. The highest BCUT2D eigenvalue weighted by Crippen LogP contribution is 2.30. The minimum Gasteiger partial charge on any atom is -0.493 e. The Morgan fingerprint density at radius 2 is 1.71 bits per heavy atom. The van der Waals surface area contributed by atoms with Gasteiger partial charge < -0.3 is 9.47 Å². The molecule has 0 unspecified atom stereocenters. The lowest BCUT2D eigenvalue weighted by molar-refractivity contribution is -0.393. The molecule has 0 heterocycles. The molecule has 0 fully saturated rings. The highest BCUT2D eigenvalue weighted by Gasteiger charge is 2.19. The summed E-state index contributed by atoms with van der Waals surface area (Å²) >= 11 is 0. The van der Waals surface area contributed by atoms with E-state index in [1.54, 1.807) is 18.2 Å². The first kappa shape index (κ1) is 23.2. The van der Waals surface area contributed by atoms with Crippen molar-refractivity contribution in [3.8, 4) is 11.5 Å². The molecule has 0 radical (unpaired) electrons. The van der Waals surface area contributed by atoms with Gasteiger partial charge in [-0.2, -0.15) is 5.10 Å². The van der Waals surface area contributed by atoms with Crippen LogP contribution in [0.15, 0.2) is 84.0 Å². The highest BCUT2D eigenvalue weighted by atomic mass is 16.6. The van der Waals surface area contributed by atoms with Gasteiger partial charge in [-0.3, -0.25) is 25.7 Å². The van der Waals surface area contributed by atoms with Gasteiger partial charge in [-0.05, 0) is 46.2 Å². The fraction of sp³-hybridized carbons (Fsp3) is 0.0800. The van der Waals surface area contributed by atoms with E-state index in [-0.39, 0.29) is 11.4 Å². The number of methoxy groups -OCH3 is 1. The second-order valence-corrected chi connectivity index (χ2v) is 7.42. The summed E-state index contributed by atoms with van der Waals surface area (Å²) in [4.78, 5) is 20.7. The molecule has 0 spiro atoms. The maximum atomic E-state index is 11.2. The number of nitro benzene ring substituents is 2. The number of hydrogen-bond acceptors (Lipinski definition) is 8. The standard InChI is InChI=1S/C25H20N4O6/c1-34-25-13-17(15-26-27-22-11-10-20(28(30)31)14-23(22)29(32)33)9-12-24(25)35-16-19-7-4-6-18-5-2-3-8-21(18)19/h2-15,27H,16H2,1H3/b26-15-. The molecule has 4 aromatic carbocycles. The van der Waals surface area contributed by atoms with Crippen LogP contribution < -0.4 is 14.9 Å². The molecule has 10 heteroatoms. The van der Waals surface area contributed by atoms with Crippen molar-refractivity contribution in [2.75, 3.05) is 12.5 Å². The van der Waals surface area contributed by atoms with E-state index in [9.17, 15) is 20.2 Å². The summed E-state index contributed by atoms with van der Waals surface area (Å²) in [5, 5.41) is 28.4. The first-order chi connectivity index (χ1) is 17.0. The summed E-state index contributed by atoms with van der Waals surface area (Å²) in [5.41, 5.74) is 3.45. The number of nitrogens with zero attached hydrogens (tertiary/aromatic N) is 3. The Balaban J connectivity index is 1.48. The number of non-ortho nitro benzene ring substituents is 1. The van der Waals surface area contributed by atoms with E-state index >= 15 is 0 Å². The lowest BCUT2D eigenvalue weighted by Crippen LogP contribution is -2.00. The van der Waals surface area contributed by atoms with E-state index in [1.807, 2.05) is 42.5 Å². The van der Waals surface area contributed by atoms with Crippen molar-refractivity contribution in [2.24, 2.45) is 5.10 Å². The fourth-order valence-electron chi connectivity index (χ4n) is 3.51. The molecule has 1 N–H and O–H groups in total. The summed E-state index contributed by atoms with van der Waals surface area (Å²) in [6, 6.07) is 22.6. The molecule has 0 bridgehead atoms. The minimum absolute atomic E-state index is 0.0267. The number of hydrazone groups is 1. The maximum absolute atomic E-state index is 11.2. The predicted molar refractivity (Wildman–Crippen MR) is 132 cm³/mol. The van der Waals surface area contributed by atoms with Crippen molar-refractivity contribution in [2.45, 2.75) is 6.61 Å². The van der Waals surface area contributed by atoms with Gasteiger partial charge in [0.2, 0.25) is 0 Å². The minimum atomic E-state index is -0.712. The molecule has 0 atom stereocenters. The Morgan fingerprint density at radius 3 is 2.49 bits per heavy atom. The van der Waals surface area contributed by atoms with Crippen LogP contribution in [0.2, 0.25) is 0 Å². The molecule has 0 saturated heterocycles.